The number of nitro groups is 1. The minimum atomic E-state index is -5.50. The number of hydrogen-bond donors (Lipinski definition) is 1. The smallest absolute Gasteiger partial charge is 0.440 e. The van der Waals surface area contributed by atoms with E-state index in [1.165, 1.54) is 25.0 Å². The number of pyridine rings is 1. The summed E-state index contributed by atoms with van der Waals surface area (Å²) in [7, 11) is 0.832. The van der Waals surface area contributed by atoms with Gasteiger partial charge in [-0.2, -0.15) is 31.3 Å². The highest BCUT2D eigenvalue weighted by molar-refractivity contribution is 5.92. The first kappa shape index (κ1) is 32.8. The number of hydrogen-bond acceptors (Lipinski definition) is 9. The Balaban J connectivity index is 2.13. The van der Waals surface area contributed by atoms with Gasteiger partial charge in [0.1, 0.15) is 12.2 Å². The molecule has 1 N–H and O–H groups in total. The molecule has 0 saturated carbocycles. The van der Waals surface area contributed by atoms with Crippen molar-refractivity contribution in [2.75, 3.05) is 7.11 Å². The largest absolute Gasteiger partial charge is 0.474 e. The van der Waals surface area contributed by atoms with Gasteiger partial charge in [-0.05, 0) is 31.2 Å². The molecule has 2 atom stereocenters. The second-order valence-corrected chi connectivity index (χ2v) is 8.35. The van der Waals surface area contributed by atoms with Crippen LogP contribution in [0.15, 0.2) is 36.4 Å². The van der Waals surface area contributed by atoms with Gasteiger partial charge in [0, 0.05) is 12.5 Å². The molecular formula is C25H22F6N2O8. The van der Waals surface area contributed by atoms with Gasteiger partial charge in [0.2, 0.25) is 11.6 Å². The van der Waals surface area contributed by atoms with Crippen LogP contribution < -0.4 is 4.74 Å². The molecule has 0 radical (unpaired) electrons. The first-order valence-electron chi connectivity index (χ1n) is 11.5. The summed E-state index contributed by atoms with van der Waals surface area (Å²) in [6.45, 7) is 0.713. The summed E-state index contributed by atoms with van der Waals surface area (Å²) >= 11 is 0. The molecule has 0 spiro atoms. The third kappa shape index (κ3) is 8.55. The van der Waals surface area contributed by atoms with Gasteiger partial charge >= 0.3 is 35.6 Å². The van der Waals surface area contributed by atoms with E-state index in [0.717, 1.165) is 7.11 Å². The van der Waals surface area contributed by atoms with Crippen LogP contribution in [-0.2, 0) is 27.1 Å². The molecule has 2 rings (SSSR count). The molecule has 222 valence electrons. The maximum absolute atomic E-state index is 13.5. The van der Waals surface area contributed by atoms with Crippen LogP contribution in [0.5, 0.6) is 5.88 Å². The molecule has 2 aromatic rings. The second kappa shape index (κ2) is 13.3. The number of ether oxygens (including phenoxy) is 3. The molecule has 0 aliphatic carbocycles. The zero-order chi connectivity index (χ0) is 31.0. The molecule has 0 saturated heterocycles. The average molecular weight is 592 g/mol. The number of rotatable bonds is 10. The number of alkyl halides is 6. The van der Waals surface area contributed by atoms with Crippen molar-refractivity contribution in [1.82, 2.24) is 4.98 Å². The van der Waals surface area contributed by atoms with Gasteiger partial charge in [-0.15, -0.1) is 0 Å². The summed E-state index contributed by atoms with van der Waals surface area (Å²) in [4.78, 5) is 37.1. The van der Waals surface area contributed by atoms with Gasteiger partial charge in [-0.25, -0.2) is 9.59 Å². The molecule has 41 heavy (non-hydrogen) atoms. The van der Waals surface area contributed by atoms with Gasteiger partial charge in [0.15, 0.2) is 0 Å². The Labute approximate surface area is 228 Å². The molecule has 0 bridgehead atoms. The van der Waals surface area contributed by atoms with E-state index in [4.69, 9.17) is 4.74 Å². The fraction of sp³-hybridized carbons (Fsp3) is 0.400. The van der Waals surface area contributed by atoms with E-state index in [-0.39, 0.29) is 25.3 Å². The summed E-state index contributed by atoms with van der Waals surface area (Å²) in [6, 6.07) is 7.78. The Morgan fingerprint density at radius 3 is 2.32 bits per heavy atom. The molecule has 1 aromatic heterocycles. The SMILES string of the molecule is COC(=O)c1nc(OC(C)CCCC#CC(O)(C(=O)OCc2ccccc2)C(F)(F)F)c(C(F)(F)F)cc1[N+](=O)[O-]. The first-order chi connectivity index (χ1) is 19.0. The number of methoxy groups -OCH3 is 1. The number of benzene rings is 1. The highest BCUT2D eigenvalue weighted by atomic mass is 19.4. The van der Waals surface area contributed by atoms with Crippen LogP contribution in [0.2, 0.25) is 0 Å². The predicted molar refractivity (Wildman–Crippen MR) is 126 cm³/mol. The molecule has 1 heterocycles. The standard InChI is InChI=1S/C25H22F6N2O8/c1-15(41-20-17(24(26,27)28)13-18(33(37)38)19(32-20)21(34)39-2)9-5-4-8-12-23(36,25(29,30)31)22(35)40-14-16-10-6-3-7-11-16/h3,6-7,10-11,13,15,36H,4-5,9,14H2,1-2H3. The van der Waals surface area contributed by atoms with Crippen molar-refractivity contribution >= 4 is 17.6 Å². The van der Waals surface area contributed by atoms with Gasteiger partial charge in [0.25, 0.3) is 0 Å². The summed E-state index contributed by atoms with van der Waals surface area (Å²) < 4.78 is 94.9. The van der Waals surface area contributed by atoms with Crippen LogP contribution in [0.25, 0.3) is 0 Å². The van der Waals surface area contributed by atoms with Crippen LogP contribution in [0.4, 0.5) is 32.0 Å². The Morgan fingerprint density at radius 1 is 1.15 bits per heavy atom. The van der Waals surface area contributed by atoms with Crippen LogP contribution >= 0.6 is 0 Å². The van der Waals surface area contributed by atoms with Gasteiger partial charge in [0.05, 0.1) is 18.1 Å². The normalized spacial score (nSPS) is 13.7. The van der Waals surface area contributed by atoms with Crippen molar-refractivity contribution in [3.63, 3.8) is 0 Å². The van der Waals surface area contributed by atoms with E-state index in [9.17, 15) is 51.2 Å². The molecular weight excluding hydrogens is 570 g/mol. The number of carbonyl (C=O) groups excluding carboxylic acids is 2. The van der Waals surface area contributed by atoms with E-state index in [1.54, 1.807) is 18.2 Å². The summed E-state index contributed by atoms with van der Waals surface area (Å²) in [6.07, 6.45) is -12.3. The number of unbranched alkanes of at least 4 members (excludes halogenated alkanes) is 1. The molecule has 0 fully saturated rings. The minimum Gasteiger partial charge on any atom is -0.474 e. The van der Waals surface area contributed by atoms with E-state index in [2.05, 4.69) is 14.5 Å². The highest BCUT2D eigenvalue weighted by Gasteiger charge is 2.60. The average Bonchev–Trinajstić information content (AvgIpc) is 2.89. The summed E-state index contributed by atoms with van der Waals surface area (Å²) in [5, 5.41) is 21.1. The Morgan fingerprint density at radius 2 is 1.78 bits per heavy atom. The van der Waals surface area contributed by atoms with Gasteiger partial charge in [-0.3, -0.25) is 10.1 Å². The summed E-state index contributed by atoms with van der Waals surface area (Å²) in [5.74, 6) is -1.12. The van der Waals surface area contributed by atoms with Crippen molar-refractivity contribution in [1.29, 1.82) is 0 Å². The van der Waals surface area contributed by atoms with Crippen molar-refractivity contribution in [2.24, 2.45) is 0 Å². The second-order valence-electron chi connectivity index (χ2n) is 8.35. The summed E-state index contributed by atoms with van der Waals surface area (Å²) in [5.41, 5.74) is -7.71. The lowest BCUT2D eigenvalue weighted by molar-refractivity contribution is -0.385. The molecule has 1 aromatic carbocycles. The fourth-order valence-electron chi connectivity index (χ4n) is 3.15. The number of esters is 2. The quantitative estimate of drug-likeness (QED) is 0.103. The van der Waals surface area contributed by atoms with Crippen molar-refractivity contribution < 1.29 is 60.2 Å². The Bertz CT molecular complexity index is 1320. The van der Waals surface area contributed by atoms with Crippen LogP contribution in [0.1, 0.15) is 47.8 Å². The van der Waals surface area contributed by atoms with E-state index in [1.807, 2.05) is 5.92 Å². The fourth-order valence-corrected chi connectivity index (χ4v) is 3.15. The Hall–Kier alpha value is -4.39. The van der Waals surface area contributed by atoms with Crippen molar-refractivity contribution in [3.05, 3.63) is 63.3 Å². The molecule has 0 aliphatic rings. The maximum Gasteiger partial charge on any atom is 0.440 e. The zero-order valence-electron chi connectivity index (χ0n) is 21.3. The van der Waals surface area contributed by atoms with Gasteiger partial charge < -0.3 is 19.3 Å². The van der Waals surface area contributed by atoms with E-state index >= 15 is 0 Å². The number of carbonyl (C=O) groups is 2. The third-order valence-electron chi connectivity index (χ3n) is 5.26. The molecule has 2 unspecified atom stereocenters. The van der Waals surface area contributed by atoms with Crippen LogP contribution in [0.3, 0.4) is 0 Å². The van der Waals surface area contributed by atoms with E-state index < -0.39 is 70.4 Å². The minimum absolute atomic E-state index is 0.0711. The van der Waals surface area contributed by atoms with Crippen LogP contribution in [0, 0.1) is 22.0 Å². The van der Waals surface area contributed by atoms with Crippen molar-refractivity contribution in [2.45, 2.75) is 56.9 Å². The number of halogens is 6. The highest BCUT2D eigenvalue weighted by Crippen LogP contribution is 2.39. The number of aromatic nitrogens is 1. The predicted octanol–water partition coefficient (Wildman–Crippen LogP) is 4.77. The van der Waals surface area contributed by atoms with Crippen molar-refractivity contribution in [3.8, 4) is 17.7 Å². The lowest BCUT2D eigenvalue weighted by Crippen LogP contribution is -2.51. The number of aliphatic hydroxyl groups is 1. The van der Waals surface area contributed by atoms with Crippen LogP contribution in [-0.4, -0.2) is 51.9 Å². The van der Waals surface area contributed by atoms with E-state index in [0.29, 0.717) is 5.56 Å². The van der Waals surface area contributed by atoms with Gasteiger partial charge in [-0.1, -0.05) is 36.3 Å². The first-order valence-corrected chi connectivity index (χ1v) is 11.5. The topological polar surface area (TPSA) is 138 Å². The lowest BCUT2D eigenvalue weighted by Gasteiger charge is -2.23. The zero-order valence-corrected chi connectivity index (χ0v) is 21.3. The molecule has 0 amide bonds. The molecule has 10 nitrogen and oxygen atoms in total. The molecule has 16 heteroatoms. The lowest BCUT2D eigenvalue weighted by atomic mass is 10.0. The maximum atomic E-state index is 13.5. The Kier molecular flexibility index (Phi) is 10.7. The molecule has 0 aliphatic heterocycles. The number of nitrogens with zero attached hydrogens (tertiary/aromatic N) is 2. The monoisotopic (exact) mass is 592 g/mol. The third-order valence-corrected chi connectivity index (χ3v) is 5.26.